The molecule has 20 heavy (non-hydrogen) atoms. The molecule has 0 aromatic carbocycles. The Balaban J connectivity index is 1.64. The van der Waals surface area contributed by atoms with E-state index in [1.54, 1.807) is 0 Å². The smallest absolute Gasteiger partial charge is 0.307 e. The normalized spacial score (nSPS) is 37.2. The summed E-state index contributed by atoms with van der Waals surface area (Å²) in [6, 6.07) is 0. The van der Waals surface area contributed by atoms with Crippen molar-refractivity contribution in [3.8, 4) is 0 Å². The number of allylic oxidation sites excluding steroid dienone is 2. The molecule has 6 heteroatoms. The molecular weight excluding hydrogens is 258 g/mol. The lowest BCUT2D eigenvalue weighted by Gasteiger charge is -2.34. The molecule has 0 aromatic rings. The van der Waals surface area contributed by atoms with Gasteiger partial charge in [0, 0.05) is 26.2 Å². The van der Waals surface area contributed by atoms with E-state index in [1.165, 1.54) is 0 Å². The molecule has 3 aliphatic rings. The van der Waals surface area contributed by atoms with E-state index in [9.17, 15) is 14.7 Å². The van der Waals surface area contributed by atoms with E-state index in [2.05, 4.69) is 17.4 Å². The molecule has 1 amide bonds. The quantitative estimate of drug-likeness (QED) is 0.699. The first-order chi connectivity index (χ1) is 9.56. The summed E-state index contributed by atoms with van der Waals surface area (Å²) in [5, 5.41) is 11.3. The molecule has 4 atom stereocenters. The summed E-state index contributed by atoms with van der Waals surface area (Å²) in [7, 11) is 2.06. The minimum Gasteiger partial charge on any atom is -0.481 e. The van der Waals surface area contributed by atoms with Crippen molar-refractivity contribution < 1.29 is 14.7 Å². The zero-order chi connectivity index (χ0) is 14.3. The molecule has 2 aliphatic carbocycles. The monoisotopic (exact) mass is 279 g/mol. The molecule has 1 saturated heterocycles. The number of carboxylic acid groups (broad SMARTS) is 1. The highest BCUT2D eigenvalue weighted by Crippen LogP contribution is 2.48. The highest BCUT2D eigenvalue weighted by molar-refractivity contribution is 5.86. The van der Waals surface area contributed by atoms with Crippen molar-refractivity contribution >= 4 is 11.9 Å². The number of rotatable bonds is 3. The molecule has 2 bridgehead atoms. The molecular formula is C14H21N3O3. The minimum absolute atomic E-state index is 0.0285. The first-order valence-electron chi connectivity index (χ1n) is 7.21. The van der Waals surface area contributed by atoms with Crippen molar-refractivity contribution in [2.75, 3.05) is 33.2 Å². The molecule has 1 aliphatic heterocycles. The van der Waals surface area contributed by atoms with Crippen LogP contribution in [0.4, 0.5) is 0 Å². The number of hydrogen-bond acceptors (Lipinski definition) is 4. The highest BCUT2D eigenvalue weighted by atomic mass is 16.4. The summed E-state index contributed by atoms with van der Waals surface area (Å²) in [6.45, 7) is 3.41. The summed E-state index contributed by atoms with van der Waals surface area (Å²) in [5.41, 5.74) is 2.92. The number of carbonyl (C=O) groups is 2. The Labute approximate surface area is 118 Å². The SMILES string of the molecule is CN1CCN(NC(=O)[C@H]2C3C=CC(C3)[C@H]2C(=O)O)CC1. The van der Waals surface area contributed by atoms with Gasteiger partial charge in [0.25, 0.3) is 0 Å². The van der Waals surface area contributed by atoms with Gasteiger partial charge in [-0.1, -0.05) is 12.2 Å². The lowest BCUT2D eigenvalue weighted by atomic mass is 9.82. The summed E-state index contributed by atoms with van der Waals surface area (Å²) in [6.07, 6.45) is 4.78. The zero-order valence-corrected chi connectivity index (χ0v) is 11.7. The van der Waals surface area contributed by atoms with Gasteiger partial charge >= 0.3 is 5.97 Å². The van der Waals surface area contributed by atoms with Crippen LogP contribution in [0, 0.1) is 23.7 Å². The number of hydrazine groups is 1. The maximum Gasteiger partial charge on any atom is 0.307 e. The molecule has 3 rings (SSSR count). The summed E-state index contributed by atoms with van der Waals surface area (Å²) < 4.78 is 0. The third-order valence-corrected chi connectivity index (χ3v) is 4.82. The second-order valence-electron chi connectivity index (χ2n) is 6.10. The van der Waals surface area contributed by atoms with Crippen molar-refractivity contribution in [3.05, 3.63) is 12.2 Å². The van der Waals surface area contributed by atoms with E-state index in [0.717, 1.165) is 32.6 Å². The molecule has 1 saturated carbocycles. The first-order valence-corrected chi connectivity index (χ1v) is 7.21. The average molecular weight is 279 g/mol. The van der Waals surface area contributed by atoms with Crippen LogP contribution < -0.4 is 5.43 Å². The fourth-order valence-corrected chi connectivity index (χ4v) is 3.66. The highest BCUT2D eigenvalue weighted by Gasteiger charge is 2.51. The Morgan fingerprint density at radius 2 is 1.70 bits per heavy atom. The van der Waals surface area contributed by atoms with Gasteiger partial charge in [-0.25, -0.2) is 5.01 Å². The Hall–Kier alpha value is -1.40. The second kappa shape index (κ2) is 5.18. The van der Waals surface area contributed by atoms with Gasteiger partial charge in [-0.15, -0.1) is 0 Å². The molecule has 0 aromatic heterocycles. The predicted octanol–water partition coefficient (Wildman–Crippen LogP) is -0.212. The van der Waals surface area contributed by atoms with Crippen molar-refractivity contribution in [2.45, 2.75) is 6.42 Å². The van der Waals surface area contributed by atoms with Crippen LogP contribution in [0.25, 0.3) is 0 Å². The fraction of sp³-hybridized carbons (Fsp3) is 0.714. The molecule has 2 N–H and O–H groups in total. The zero-order valence-electron chi connectivity index (χ0n) is 11.7. The van der Waals surface area contributed by atoms with Gasteiger partial charge in [-0.05, 0) is 25.3 Å². The molecule has 2 unspecified atom stereocenters. The van der Waals surface area contributed by atoms with Gasteiger partial charge < -0.3 is 10.0 Å². The number of amides is 1. The van der Waals surface area contributed by atoms with Crippen molar-refractivity contribution in [3.63, 3.8) is 0 Å². The van der Waals surface area contributed by atoms with Crippen LogP contribution in [0.3, 0.4) is 0 Å². The number of aliphatic carboxylic acids is 1. The van der Waals surface area contributed by atoms with E-state index in [0.29, 0.717) is 0 Å². The molecule has 6 nitrogen and oxygen atoms in total. The van der Waals surface area contributed by atoms with Gasteiger partial charge in [0.1, 0.15) is 0 Å². The number of piperazine rings is 1. The van der Waals surface area contributed by atoms with Gasteiger partial charge in [0.2, 0.25) is 5.91 Å². The Bertz CT molecular complexity index is 443. The average Bonchev–Trinajstić information content (AvgIpc) is 3.01. The van der Waals surface area contributed by atoms with Crippen LogP contribution in [-0.4, -0.2) is 60.1 Å². The van der Waals surface area contributed by atoms with Crippen LogP contribution in [0.15, 0.2) is 12.2 Å². The predicted molar refractivity (Wildman–Crippen MR) is 72.6 cm³/mol. The molecule has 0 spiro atoms. The van der Waals surface area contributed by atoms with Crippen LogP contribution >= 0.6 is 0 Å². The van der Waals surface area contributed by atoms with Crippen LogP contribution in [0.5, 0.6) is 0 Å². The third kappa shape index (κ3) is 2.33. The van der Waals surface area contributed by atoms with Gasteiger partial charge in [-0.2, -0.15) is 0 Å². The number of carbonyl (C=O) groups excluding carboxylic acids is 1. The molecule has 0 radical (unpaired) electrons. The van der Waals surface area contributed by atoms with Crippen LogP contribution in [0.2, 0.25) is 0 Å². The van der Waals surface area contributed by atoms with Crippen molar-refractivity contribution in [1.82, 2.24) is 15.3 Å². The van der Waals surface area contributed by atoms with E-state index in [-0.39, 0.29) is 17.7 Å². The maximum atomic E-state index is 12.4. The topological polar surface area (TPSA) is 72.9 Å². The van der Waals surface area contributed by atoms with Crippen LogP contribution in [-0.2, 0) is 9.59 Å². The Kier molecular flexibility index (Phi) is 3.52. The number of nitrogens with one attached hydrogen (secondary N) is 1. The number of nitrogens with zero attached hydrogens (tertiary/aromatic N) is 2. The molecule has 2 fully saturated rings. The van der Waals surface area contributed by atoms with E-state index in [4.69, 9.17) is 0 Å². The third-order valence-electron chi connectivity index (χ3n) is 4.82. The Morgan fingerprint density at radius 3 is 2.30 bits per heavy atom. The lowest BCUT2D eigenvalue weighted by molar-refractivity contribution is -0.149. The van der Waals surface area contributed by atoms with E-state index in [1.807, 2.05) is 17.2 Å². The number of carboxylic acids is 1. The maximum absolute atomic E-state index is 12.4. The first kappa shape index (κ1) is 13.6. The van der Waals surface area contributed by atoms with Crippen molar-refractivity contribution in [1.29, 1.82) is 0 Å². The van der Waals surface area contributed by atoms with Crippen molar-refractivity contribution in [2.24, 2.45) is 23.7 Å². The number of likely N-dealkylation sites (N-methyl/N-ethyl adjacent to an activating group) is 1. The lowest BCUT2D eigenvalue weighted by Crippen LogP contribution is -2.55. The second-order valence-corrected chi connectivity index (χ2v) is 6.10. The van der Waals surface area contributed by atoms with E-state index < -0.39 is 17.8 Å². The van der Waals surface area contributed by atoms with Gasteiger partial charge in [0.05, 0.1) is 11.8 Å². The number of fused-ring (bicyclic) bond motifs is 2. The number of hydrogen-bond donors (Lipinski definition) is 2. The Morgan fingerprint density at radius 1 is 1.10 bits per heavy atom. The van der Waals surface area contributed by atoms with Gasteiger partial charge in [0.15, 0.2) is 0 Å². The molecule has 110 valence electrons. The summed E-state index contributed by atoms with van der Waals surface area (Å²) in [4.78, 5) is 26.1. The largest absolute Gasteiger partial charge is 0.481 e. The fourth-order valence-electron chi connectivity index (χ4n) is 3.66. The van der Waals surface area contributed by atoms with Gasteiger partial charge in [-0.3, -0.25) is 15.0 Å². The van der Waals surface area contributed by atoms with Crippen LogP contribution in [0.1, 0.15) is 6.42 Å². The summed E-state index contributed by atoms with van der Waals surface area (Å²) >= 11 is 0. The standard InChI is InChI=1S/C14H21N3O3/c1-16-4-6-17(7-5-16)15-13(18)11-9-2-3-10(8-9)12(11)14(19)20/h2-3,9-12H,4-8H2,1H3,(H,15,18)(H,19,20)/t9?,10?,11-,12+/m0/s1. The summed E-state index contributed by atoms with van der Waals surface area (Å²) in [5.74, 6) is -1.83. The minimum atomic E-state index is -0.847. The molecule has 1 heterocycles. The van der Waals surface area contributed by atoms with E-state index >= 15 is 0 Å².